The van der Waals surface area contributed by atoms with E-state index in [2.05, 4.69) is 106 Å². The minimum Gasteiger partial charge on any atom is -0.378 e. The number of aromatic nitrogens is 3. The molecule has 0 saturated carbocycles. The number of hydrogen-bond donors (Lipinski definition) is 0. The molecule has 0 amide bonds. The number of rotatable bonds is 8. The highest BCUT2D eigenvalue weighted by Crippen LogP contribution is 2.28. The highest BCUT2D eigenvalue weighted by atomic mass is 32.1. The van der Waals surface area contributed by atoms with Gasteiger partial charge in [-0.2, -0.15) is 0 Å². The molecule has 7 heteroatoms. The van der Waals surface area contributed by atoms with Crippen LogP contribution in [0.15, 0.2) is 91.0 Å². The first-order valence-electron chi connectivity index (χ1n) is 12.0. The fourth-order valence-corrected chi connectivity index (χ4v) is 4.93. The summed E-state index contributed by atoms with van der Waals surface area (Å²) in [5.74, 6) is 0.909. The molecule has 4 aromatic rings. The van der Waals surface area contributed by atoms with E-state index in [1.54, 1.807) is 0 Å². The fraction of sp³-hybridized carbons (Fsp3) is 0.286. The fourth-order valence-electron chi connectivity index (χ4n) is 4.69. The van der Waals surface area contributed by atoms with Gasteiger partial charge in [0, 0.05) is 13.1 Å². The number of hydrogen-bond acceptors (Lipinski definition) is 5. The van der Waals surface area contributed by atoms with Crippen LogP contribution in [0.4, 0.5) is 5.95 Å². The van der Waals surface area contributed by atoms with Crippen molar-refractivity contribution in [2.45, 2.75) is 19.3 Å². The Morgan fingerprint density at radius 3 is 1.97 bits per heavy atom. The minimum atomic E-state index is 0.0883. The molecular weight excluding hydrogens is 454 g/mol. The second kappa shape index (κ2) is 11.0. The average molecular weight is 486 g/mol. The van der Waals surface area contributed by atoms with E-state index in [9.17, 15) is 0 Å². The molecule has 3 aromatic carbocycles. The maximum absolute atomic E-state index is 6.00. The molecule has 1 aliphatic heterocycles. The topological polar surface area (TPSA) is 38.5 Å². The lowest BCUT2D eigenvalue weighted by molar-refractivity contribution is 0.121. The third-order valence-corrected chi connectivity index (χ3v) is 6.84. The molecule has 1 aliphatic rings. The van der Waals surface area contributed by atoms with Gasteiger partial charge < -0.3 is 9.64 Å². The Morgan fingerprint density at radius 1 is 0.857 bits per heavy atom. The second-order valence-corrected chi connectivity index (χ2v) is 9.24. The molecule has 180 valence electrons. The quantitative estimate of drug-likeness (QED) is 0.329. The molecule has 1 saturated heterocycles. The summed E-state index contributed by atoms with van der Waals surface area (Å²) < 4.78 is 10.4. The van der Waals surface area contributed by atoms with Gasteiger partial charge in [0.2, 0.25) is 10.7 Å². The summed E-state index contributed by atoms with van der Waals surface area (Å²) in [6, 6.07) is 31.7. The van der Waals surface area contributed by atoms with Gasteiger partial charge in [-0.05, 0) is 36.0 Å². The molecular formula is C28H31N5OS. The van der Waals surface area contributed by atoms with Crippen LogP contribution in [-0.4, -0.2) is 52.6 Å². The zero-order valence-electron chi connectivity index (χ0n) is 20.0. The number of nitrogens with zero attached hydrogens (tertiary/aromatic N) is 5. The van der Waals surface area contributed by atoms with Crippen molar-refractivity contribution < 1.29 is 4.74 Å². The Kier molecular flexibility index (Phi) is 7.37. The van der Waals surface area contributed by atoms with Gasteiger partial charge >= 0.3 is 0 Å². The predicted octanol–water partition coefficient (Wildman–Crippen LogP) is 4.98. The van der Waals surface area contributed by atoms with Gasteiger partial charge in [-0.1, -0.05) is 91.0 Å². The molecule has 0 atom stereocenters. The standard InChI is InChI=1S/C28H31N5OS/c1-30(26(24-13-7-3-8-14-24)25-15-9-4-10-16-25)22-33-28(35)32(21-23-11-5-2-6-12-23)27(29-33)31-17-19-34-20-18-31/h2-16,26H,17-22H2,1H3. The summed E-state index contributed by atoms with van der Waals surface area (Å²) in [6.07, 6.45) is 0. The van der Waals surface area contributed by atoms with Crippen LogP contribution < -0.4 is 4.90 Å². The van der Waals surface area contributed by atoms with Gasteiger partial charge in [0.05, 0.1) is 32.5 Å². The smallest absolute Gasteiger partial charge is 0.226 e. The molecule has 1 aromatic heterocycles. The Balaban J connectivity index is 1.49. The van der Waals surface area contributed by atoms with Gasteiger partial charge in [-0.15, -0.1) is 5.10 Å². The van der Waals surface area contributed by atoms with E-state index in [-0.39, 0.29) is 6.04 Å². The first-order chi connectivity index (χ1) is 17.2. The van der Waals surface area contributed by atoms with Crippen LogP contribution in [0.25, 0.3) is 0 Å². The summed E-state index contributed by atoms with van der Waals surface area (Å²) in [7, 11) is 2.14. The van der Waals surface area contributed by atoms with Crippen LogP contribution in [0.3, 0.4) is 0 Å². The molecule has 0 unspecified atom stereocenters. The van der Waals surface area contributed by atoms with E-state index >= 15 is 0 Å². The highest BCUT2D eigenvalue weighted by Gasteiger charge is 2.23. The first kappa shape index (κ1) is 23.5. The van der Waals surface area contributed by atoms with Crippen molar-refractivity contribution in [2.75, 3.05) is 38.3 Å². The van der Waals surface area contributed by atoms with E-state index in [4.69, 9.17) is 22.1 Å². The summed E-state index contributed by atoms with van der Waals surface area (Å²) in [5.41, 5.74) is 3.69. The van der Waals surface area contributed by atoms with Gasteiger partial charge in [0.15, 0.2) is 0 Å². The van der Waals surface area contributed by atoms with E-state index in [1.165, 1.54) is 16.7 Å². The summed E-state index contributed by atoms with van der Waals surface area (Å²) in [6.45, 7) is 4.30. The Hall–Kier alpha value is -3.26. The lowest BCUT2D eigenvalue weighted by Gasteiger charge is -2.29. The lowest BCUT2D eigenvalue weighted by Crippen LogP contribution is -2.38. The molecule has 35 heavy (non-hydrogen) atoms. The largest absolute Gasteiger partial charge is 0.378 e. The molecule has 0 bridgehead atoms. The molecule has 5 rings (SSSR count). The Labute approximate surface area is 212 Å². The van der Waals surface area contributed by atoms with Crippen LogP contribution >= 0.6 is 12.2 Å². The molecule has 2 heterocycles. The lowest BCUT2D eigenvalue weighted by atomic mass is 9.98. The van der Waals surface area contributed by atoms with Gasteiger partial charge in [0.25, 0.3) is 0 Å². The van der Waals surface area contributed by atoms with Crippen molar-refractivity contribution in [1.82, 2.24) is 19.2 Å². The van der Waals surface area contributed by atoms with Crippen molar-refractivity contribution in [2.24, 2.45) is 0 Å². The van der Waals surface area contributed by atoms with Crippen molar-refractivity contribution in [3.63, 3.8) is 0 Å². The van der Waals surface area contributed by atoms with E-state index in [1.807, 2.05) is 10.7 Å². The van der Waals surface area contributed by atoms with Crippen LogP contribution in [0.1, 0.15) is 22.7 Å². The first-order valence-corrected chi connectivity index (χ1v) is 12.5. The van der Waals surface area contributed by atoms with Gasteiger partial charge in [-0.3, -0.25) is 9.47 Å². The summed E-state index contributed by atoms with van der Waals surface area (Å²) in [5, 5.41) is 5.04. The van der Waals surface area contributed by atoms with Crippen molar-refractivity contribution in [1.29, 1.82) is 0 Å². The highest BCUT2D eigenvalue weighted by molar-refractivity contribution is 7.71. The summed E-state index contributed by atoms with van der Waals surface area (Å²) in [4.78, 5) is 4.59. The van der Waals surface area contributed by atoms with Crippen molar-refractivity contribution in [3.8, 4) is 0 Å². The van der Waals surface area contributed by atoms with E-state index in [0.717, 1.165) is 23.8 Å². The van der Waals surface area contributed by atoms with Crippen molar-refractivity contribution >= 4 is 18.2 Å². The number of anilines is 1. The third-order valence-electron chi connectivity index (χ3n) is 6.41. The minimum absolute atomic E-state index is 0.0883. The molecule has 6 nitrogen and oxygen atoms in total. The van der Waals surface area contributed by atoms with Crippen LogP contribution in [0.2, 0.25) is 0 Å². The Morgan fingerprint density at radius 2 is 1.40 bits per heavy atom. The van der Waals surface area contributed by atoms with Crippen LogP contribution in [0, 0.1) is 4.77 Å². The van der Waals surface area contributed by atoms with Crippen LogP contribution in [-0.2, 0) is 18.0 Å². The SMILES string of the molecule is CN(Cn1nc(N2CCOCC2)n(Cc2ccccc2)c1=S)C(c1ccccc1)c1ccccc1. The monoisotopic (exact) mass is 485 g/mol. The zero-order chi connectivity index (χ0) is 24.0. The normalized spacial score (nSPS) is 14.1. The number of morpholine rings is 1. The maximum Gasteiger partial charge on any atom is 0.226 e. The maximum atomic E-state index is 6.00. The predicted molar refractivity (Wildman–Crippen MR) is 142 cm³/mol. The van der Waals surface area contributed by atoms with Crippen molar-refractivity contribution in [3.05, 3.63) is 112 Å². The van der Waals surface area contributed by atoms with Gasteiger partial charge in [0.1, 0.15) is 0 Å². The van der Waals surface area contributed by atoms with Crippen LogP contribution in [0.5, 0.6) is 0 Å². The zero-order valence-corrected chi connectivity index (χ0v) is 20.8. The molecule has 0 spiro atoms. The van der Waals surface area contributed by atoms with E-state index < -0.39 is 0 Å². The summed E-state index contributed by atoms with van der Waals surface area (Å²) >= 11 is 6.00. The number of benzene rings is 3. The van der Waals surface area contributed by atoms with Gasteiger partial charge in [-0.25, -0.2) is 4.68 Å². The Bertz CT molecular complexity index is 1230. The molecule has 0 N–H and O–H groups in total. The average Bonchev–Trinajstić information content (AvgIpc) is 3.21. The molecule has 0 radical (unpaired) electrons. The third kappa shape index (κ3) is 5.37. The molecule has 1 fully saturated rings. The van der Waals surface area contributed by atoms with E-state index in [0.29, 0.717) is 26.4 Å². The molecule has 0 aliphatic carbocycles. The number of ether oxygens (including phenoxy) is 1. The second-order valence-electron chi connectivity index (χ2n) is 8.88.